The second kappa shape index (κ2) is 3.28. The van der Waals surface area contributed by atoms with E-state index in [1.54, 1.807) is 17.5 Å². The molecule has 0 N–H and O–H groups in total. The third-order valence-electron chi connectivity index (χ3n) is 2.83. The molecule has 5 nitrogen and oxygen atoms in total. The van der Waals surface area contributed by atoms with E-state index in [1.807, 2.05) is 0 Å². The molecule has 2 atom stereocenters. The van der Waals surface area contributed by atoms with Gasteiger partial charge in [-0.3, -0.25) is 4.79 Å². The molecule has 0 aliphatic carbocycles. The number of ether oxygens (including phenoxy) is 1. The quantitative estimate of drug-likeness (QED) is 0.723. The molecule has 3 rings (SSSR count). The minimum Gasteiger partial charge on any atom is -0.460 e. The Kier molecular flexibility index (Phi) is 2.10. The van der Waals surface area contributed by atoms with Gasteiger partial charge in [0.2, 0.25) is 0 Å². The third kappa shape index (κ3) is 1.32. The first kappa shape index (κ1) is 10.2. The highest BCUT2D eigenvalue weighted by Crippen LogP contribution is 2.34. The molecule has 0 saturated carbocycles. The zero-order valence-electron chi connectivity index (χ0n) is 8.20. The summed E-state index contributed by atoms with van der Waals surface area (Å²) in [5.74, 6) is -0.420. The first-order valence-electron chi connectivity index (χ1n) is 4.85. The number of hydrogen-bond acceptors (Lipinski definition) is 5. The molecule has 0 radical (unpaired) electrons. The third-order valence-corrected chi connectivity index (χ3v) is 6.08. The molecule has 3 heterocycles. The van der Waals surface area contributed by atoms with Crippen LogP contribution in [-0.4, -0.2) is 37.4 Å². The molecule has 2 saturated heterocycles. The molecular formula is C9H9NO4S2. The van der Waals surface area contributed by atoms with Gasteiger partial charge in [-0.25, -0.2) is 8.42 Å². The van der Waals surface area contributed by atoms with Crippen LogP contribution in [0.5, 0.6) is 0 Å². The Balaban J connectivity index is 1.98. The van der Waals surface area contributed by atoms with E-state index >= 15 is 0 Å². The van der Waals surface area contributed by atoms with Crippen LogP contribution in [0.2, 0.25) is 0 Å². The number of morpholine rings is 1. The van der Waals surface area contributed by atoms with Crippen LogP contribution < -0.4 is 0 Å². The van der Waals surface area contributed by atoms with Crippen molar-refractivity contribution in [3.05, 3.63) is 17.5 Å². The number of nitrogens with zero attached hydrogens (tertiary/aromatic N) is 1. The van der Waals surface area contributed by atoms with Crippen LogP contribution in [0.25, 0.3) is 0 Å². The maximum absolute atomic E-state index is 12.2. The average Bonchev–Trinajstić information content (AvgIpc) is 2.92. The Morgan fingerprint density at radius 2 is 2.31 bits per heavy atom. The van der Waals surface area contributed by atoms with Crippen LogP contribution in [0.4, 0.5) is 0 Å². The molecule has 7 heteroatoms. The van der Waals surface area contributed by atoms with Crippen LogP contribution in [0.1, 0.15) is 6.42 Å². The van der Waals surface area contributed by atoms with Crippen molar-refractivity contribution in [1.82, 2.24) is 4.31 Å². The summed E-state index contributed by atoms with van der Waals surface area (Å²) in [4.78, 5) is 11.3. The predicted octanol–water partition coefficient (Wildman–Crippen LogP) is 0.436. The normalized spacial score (nSPS) is 29.6. The fraction of sp³-hybridized carbons (Fsp3) is 0.444. The Hall–Kier alpha value is -0.920. The van der Waals surface area contributed by atoms with E-state index in [-0.39, 0.29) is 16.9 Å². The van der Waals surface area contributed by atoms with E-state index in [0.717, 1.165) is 11.3 Å². The summed E-state index contributed by atoms with van der Waals surface area (Å²) < 4.78 is 30.8. The summed E-state index contributed by atoms with van der Waals surface area (Å²) in [5.41, 5.74) is 0. The number of fused-ring (bicyclic) bond motifs is 2. The van der Waals surface area contributed by atoms with Gasteiger partial charge >= 0.3 is 5.97 Å². The standard InChI is InChI=1S/C9H9NO4S2/c11-9-7-4-6(14-9)5-10(7)16(12,13)8-2-1-3-15-8/h1-3,6-7H,4-5H2/t6-,7-/m1/s1. The summed E-state index contributed by atoms with van der Waals surface area (Å²) in [6, 6.07) is 2.62. The number of sulfonamides is 1. The predicted molar refractivity (Wildman–Crippen MR) is 56.5 cm³/mol. The Morgan fingerprint density at radius 3 is 2.88 bits per heavy atom. The molecule has 1 aromatic rings. The minimum absolute atomic E-state index is 0.257. The Morgan fingerprint density at radius 1 is 1.50 bits per heavy atom. The van der Waals surface area contributed by atoms with E-state index in [1.165, 1.54) is 4.31 Å². The lowest BCUT2D eigenvalue weighted by molar-refractivity contribution is -0.148. The highest BCUT2D eigenvalue weighted by atomic mass is 32.2. The van der Waals surface area contributed by atoms with Crippen LogP contribution in [-0.2, 0) is 19.6 Å². The van der Waals surface area contributed by atoms with Gasteiger partial charge in [0.1, 0.15) is 16.4 Å². The molecule has 16 heavy (non-hydrogen) atoms. The number of esters is 1. The van der Waals surface area contributed by atoms with E-state index in [4.69, 9.17) is 4.74 Å². The molecule has 0 spiro atoms. The highest BCUT2D eigenvalue weighted by molar-refractivity contribution is 7.91. The van der Waals surface area contributed by atoms with Gasteiger partial charge < -0.3 is 4.74 Å². The van der Waals surface area contributed by atoms with Crippen LogP contribution in [0.3, 0.4) is 0 Å². The minimum atomic E-state index is -3.51. The van der Waals surface area contributed by atoms with Crippen molar-refractivity contribution in [2.24, 2.45) is 0 Å². The highest BCUT2D eigenvalue weighted by Gasteiger charge is 2.51. The maximum Gasteiger partial charge on any atom is 0.324 e. The summed E-state index contributed by atoms with van der Waals surface area (Å²) in [5, 5.41) is 1.71. The van der Waals surface area contributed by atoms with Crippen molar-refractivity contribution in [2.75, 3.05) is 6.54 Å². The second-order valence-corrected chi connectivity index (χ2v) is 6.88. The van der Waals surface area contributed by atoms with Gasteiger partial charge in [-0.15, -0.1) is 11.3 Å². The summed E-state index contributed by atoms with van der Waals surface area (Å²) in [6.07, 6.45) is 0.232. The van der Waals surface area contributed by atoms with Crippen molar-refractivity contribution in [3.63, 3.8) is 0 Å². The lowest BCUT2D eigenvalue weighted by atomic mass is 10.2. The lowest BCUT2D eigenvalue weighted by Gasteiger charge is -2.24. The van der Waals surface area contributed by atoms with Gasteiger partial charge in [0, 0.05) is 6.42 Å². The monoisotopic (exact) mass is 259 g/mol. The van der Waals surface area contributed by atoms with E-state index in [2.05, 4.69) is 0 Å². The van der Waals surface area contributed by atoms with Crippen molar-refractivity contribution in [3.8, 4) is 0 Å². The van der Waals surface area contributed by atoms with Gasteiger partial charge in [-0.1, -0.05) is 6.07 Å². The van der Waals surface area contributed by atoms with E-state index < -0.39 is 22.0 Å². The van der Waals surface area contributed by atoms with Crippen molar-refractivity contribution < 1.29 is 17.9 Å². The first-order chi connectivity index (χ1) is 7.59. The molecule has 2 aliphatic rings. The van der Waals surface area contributed by atoms with Crippen LogP contribution in [0, 0.1) is 0 Å². The number of carbonyl (C=O) groups excluding carboxylic acids is 1. The fourth-order valence-corrected chi connectivity index (χ4v) is 4.84. The lowest BCUT2D eigenvalue weighted by Crippen LogP contribution is -2.43. The molecule has 2 bridgehead atoms. The molecule has 0 unspecified atom stereocenters. The Bertz CT molecular complexity index is 522. The van der Waals surface area contributed by atoms with Gasteiger partial charge in [0.15, 0.2) is 0 Å². The number of hydrogen-bond donors (Lipinski definition) is 0. The molecular weight excluding hydrogens is 250 g/mol. The first-order valence-corrected chi connectivity index (χ1v) is 7.17. The summed E-state index contributed by atoms with van der Waals surface area (Å²) >= 11 is 1.16. The molecule has 2 fully saturated rings. The number of rotatable bonds is 2. The summed E-state index contributed by atoms with van der Waals surface area (Å²) in [6.45, 7) is 0.288. The van der Waals surface area contributed by atoms with Crippen LogP contribution >= 0.6 is 11.3 Å². The van der Waals surface area contributed by atoms with Gasteiger partial charge in [-0.2, -0.15) is 4.31 Å². The maximum atomic E-state index is 12.2. The van der Waals surface area contributed by atoms with E-state index in [0.29, 0.717) is 6.42 Å². The zero-order valence-corrected chi connectivity index (χ0v) is 9.83. The molecule has 86 valence electrons. The summed E-state index contributed by atoms with van der Waals surface area (Å²) in [7, 11) is -3.51. The van der Waals surface area contributed by atoms with Crippen molar-refractivity contribution in [1.29, 1.82) is 0 Å². The number of carbonyl (C=O) groups is 1. The molecule has 2 aliphatic heterocycles. The average molecular weight is 259 g/mol. The molecule has 0 amide bonds. The Labute approximate surface area is 96.7 Å². The van der Waals surface area contributed by atoms with Crippen molar-refractivity contribution in [2.45, 2.75) is 22.8 Å². The van der Waals surface area contributed by atoms with Gasteiger partial charge in [-0.05, 0) is 11.4 Å². The smallest absolute Gasteiger partial charge is 0.324 e. The largest absolute Gasteiger partial charge is 0.460 e. The second-order valence-electron chi connectivity index (χ2n) is 3.82. The van der Waals surface area contributed by atoms with Gasteiger partial charge in [0.25, 0.3) is 10.0 Å². The SMILES string of the molecule is O=C1O[C@@H]2C[C@H]1N(S(=O)(=O)c1cccs1)C2. The van der Waals surface area contributed by atoms with Crippen molar-refractivity contribution >= 4 is 27.3 Å². The van der Waals surface area contributed by atoms with Gasteiger partial charge in [0.05, 0.1) is 6.54 Å². The van der Waals surface area contributed by atoms with Crippen LogP contribution in [0.15, 0.2) is 21.7 Å². The molecule has 1 aromatic heterocycles. The van der Waals surface area contributed by atoms with E-state index in [9.17, 15) is 13.2 Å². The zero-order chi connectivity index (χ0) is 11.3. The fourth-order valence-electron chi connectivity index (χ4n) is 2.10. The number of thiophene rings is 1. The topological polar surface area (TPSA) is 63.7 Å². The molecule has 0 aromatic carbocycles.